The number of carbonyl (C=O) groups excluding carboxylic acids is 2. The van der Waals surface area contributed by atoms with Crippen LogP contribution in [0.3, 0.4) is 0 Å². The minimum absolute atomic E-state index is 0.131. The molecule has 1 unspecified atom stereocenters. The van der Waals surface area contributed by atoms with Crippen molar-refractivity contribution in [1.29, 1.82) is 0 Å². The van der Waals surface area contributed by atoms with Crippen molar-refractivity contribution in [3.8, 4) is 11.5 Å². The maximum atomic E-state index is 12.5. The Hall–Kier alpha value is -2.39. The van der Waals surface area contributed by atoms with Gasteiger partial charge < -0.3 is 14.0 Å². The van der Waals surface area contributed by atoms with Crippen molar-refractivity contribution in [2.45, 2.75) is 51.6 Å². The molecule has 0 radical (unpaired) electrons. The highest BCUT2D eigenvalue weighted by Crippen LogP contribution is 2.31. The fourth-order valence-electron chi connectivity index (χ4n) is 2.79. The molecule has 0 saturated carbocycles. The molecule has 0 amide bonds. The number of allylic oxidation sites excluding steroid dienone is 1. The number of ether oxygens (including phenoxy) is 1. The number of carbonyl (C=O) groups is 2. The largest absolute Gasteiger partial charge is 0.507 e. The van der Waals surface area contributed by atoms with Gasteiger partial charge in [-0.25, -0.2) is 4.79 Å². The number of hydrogen-bond acceptors (Lipinski definition) is 7. The van der Waals surface area contributed by atoms with Crippen molar-refractivity contribution in [1.82, 2.24) is 0 Å². The average Bonchev–Trinajstić information content (AvgIpc) is 2.51. The van der Waals surface area contributed by atoms with Gasteiger partial charge in [-0.1, -0.05) is 12.2 Å². The number of hydrogen-bond donors (Lipinski definition) is 2. The highest BCUT2D eigenvalue weighted by Gasteiger charge is 2.22. The Morgan fingerprint density at radius 2 is 1.89 bits per heavy atom. The fraction of sp³-hybridized carbons (Fsp3) is 0.444. The van der Waals surface area contributed by atoms with E-state index in [0.29, 0.717) is 38.5 Å². The number of phenols is 1. The predicted octanol–water partition coefficient (Wildman–Crippen LogP) is 3.06. The smallest absolute Gasteiger partial charge is 0.446 e. The van der Waals surface area contributed by atoms with E-state index in [1.54, 1.807) is 13.0 Å². The summed E-state index contributed by atoms with van der Waals surface area (Å²) in [6, 6.07) is 2.11. The number of esters is 1. The van der Waals surface area contributed by atoms with Gasteiger partial charge in [0, 0.05) is 18.9 Å². The maximum absolute atomic E-state index is 12.5. The summed E-state index contributed by atoms with van der Waals surface area (Å²) in [4.78, 5) is 24.3. The van der Waals surface area contributed by atoms with Crippen LogP contribution in [0.4, 0.5) is 0 Å². The van der Waals surface area contributed by atoms with E-state index < -0.39 is 28.2 Å². The van der Waals surface area contributed by atoms with Crippen LogP contribution in [0.1, 0.15) is 61.4 Å². The molecule has 1 aliphatic rings. The van der Waals surface area contributed by atoms with Gasteiger partial charge in [-0.3, -0.25) is 9.35 Å². The summed E-state index contributed by atoms with van der Waals surface area (Å²) in [7, 11) is -4.79. The Labute approximate surface area is 157 Å². The molecule has 2 rings (SSSR count). The van der Waals surface area contributed by atoms with Gasteiger partial charge in [-0.15, -0.1) is 0 Å². The van der Waals surface area contributed by atoms with E-state index in [2.05, 4.69) is 4.18 Å². The second kappa shape index (κ2) is 9.01. The molecular formula is C18H22O8S. The SMILES string of the molecule is CC1CCCC(=O)CCCC=Cc2cc(OS(=O)(=O)O)cc(O)c2C(=O)O1. The zero-order chi connectivity index (χ0) is 20.0. The summed E-state index contributed by atoms with van der Waals surface area (Å²) in [5, 5.41) is 10.2. The molecule has 0 fully saturated rings. The van der Waals surface area contributed by atoms with Crippen LogP contribution in [-0.4, -0.2) is 35.9 Å². The third kappa shape index (κ3) is 6.69. The molecule has 9 heteroatoms. The van der Waals surface area contributed by atoms with Crippen LogP contribution in [0.5, 0.6) is 11.5 Å². The molecule has 1 heterocycles. The van der Waals surface area contributed by atoms with Gasteiger partial charge in [0.15, 0.2) is 0 Å². The Balaban J connectivity index is 2.40. The summed E-state index contributed by atoms with van der Waals surface area (Å²) in [6.07, 6.45) is 5.93. The number of rotatable bonds is 2. The topological polar surface area (TPSA) is 127 Å². The standard InChI is InChI=1S/C18H22O8S/c1-12-6-5-9-14(19)8-4-2-3-7-13-10-15(26-27(22,23)24)11-16(20)17(13)18(21)25-12/h3,7,10-12,20H,2,4-6,8-9H2,1H3,(H,22,23,24). The molecule has 8 nitrogen and oxygen atoms in total. The van der Waals surface area contributed by atoms with Gasteiger partial charge >= 0.3 is 16.4 Å². The monoisotopic (exact) mass is 398 g/mol. The highest BCUT2D eigenvalue weighted by atomic mass is 32.3. The van der Waals surface area contributed by atoms with Crippen molar-refractivity contribution in [2.24, 2.45) is 0 Å². The predicted molar refractivity (Wildman–Crippen MR) is 96.9 cm³/mol. The van der Waals surface area contributed by atoms with Gasteiger partial charge in [0.05, 0.1) is 6.10 Å². The van der Waals surface area contributed by atoms with Gasteiger partial charge in [-0.2, -0.15) is 8.42 Å². The zero-order valence-electron chi connectivity index (χ0n) is 14.9. The van der Waals surface area contributed by atoms with E-state index in [0.717, 1.165) is 6.07 Å². The molecule has 1 aromatic rings. The van der Waals surface area contributed by atoms with Crippen LogP contribution in [0.25, 0.3) is 6.08 Å². The molecule has 0 aromatic heterocycles. The van der Waals surface area contributed by atoms with Gasteiger partial charge in [0.2, 0.25) is 0 Å². The van der Waals surface area contributed by atoms with Crippen molar-refractivity contribution >= 4 is 28.2 Å². The first kappa shape index (κ1) is 20.9. The highest BCUT2D eigenvalue weighted by molar-refractivity contribution is 7.81. The molecule has 1 atom stereocenters. The molecule has 0 spiro atoms. The van der Waals surface area contributed by atoms with Crippen molar-refractivity contribution in [3.63, 3.8) is 0 Å². The first-order valence-corrected chi connectivity index (χ1v) is 9.95. The van der Waals surface area contributed by atoms with Crippen molar-refractivity contribution < 1.29 is 36.6 Å². The number of benzene rings is 1. The summed E-state index contributed by atoms with van der Waals surface area (Å²) in [6.45, 7) is 1.69. The molecule has 1 aliphatic heterocycles. The minimum atomic E-state index is -4.79. The van der Waals surface area contributed by atoms with E-state index >= 15 is 0 Å². The number of ketones is 1. The number of aromatic hydroxyl groups is 1. The van der Waals surface area contributed by atoms with Crippen LogP contribution in [-0.2, 0) is 19.9 Å². The Bertz CT molecular complexity index is 841. The Morgan fingerprint density at radius 1 is 1.19 bits per heavy atom. The molecule has 0 aliphatic carbocycles. The van der Waals surface area contributed by atoms with Crippen LogP contribution < -0.4 is 4.18 Å². The van der Waals surface area contributed by atoms with E-state index in [-0.39, 0.29) is 22.7 Å². The maximum Gasteiger partial charge on any atom is 0.446 e. The molecule has 2 N–H and O–H groups in total. The number of cyclic esters (lactones) is 1. The lowest BCUT2D eigenvalue weighted by atomic mass is 10.0. The fourth-order valence-corrected chi connectivity index (χ4v) is 3.12. The molecule has 0 bridgehead atoms. The lowest BCUT2D eigenvalue weighted by Crippen LogP contribution is -2.17. The number of phenolic OH excluding ortho intramolecular Hbond substituents is 1. The minimum Gasteiger partial charge on any atom is -0.507 e. The third-order valence-electron chi connectivity index (χ3n) is 4.03. The lowest BCUT2D eigenvalue weighted by molar-refractivity contribution is -0.119. The van der Waals surface area contributed by atoms with E-state index in [9.17, 15) is 23.1 Å². The van der Waals surface area contributed by atoms with Crippen LogP contribution in [0.15, 0.2) is 18.2 Å². The Morgan fingerprint density at radius 3 is 2.59 bits per heavy atom. The molecule has 148 valence electrons. The lowest BCUT2D eigenvalue weighted by Gasteiger charge is -2.16. The van der Waals surface area contributed by atoms with Crippen LogP contribution >= 0.6 is 0 Å². The second-order valence-corrected chi connectivity index (χ2v) is 7.38. The van der Waals surface area contributed by atoms with Gasteiger partial charge in [0.1, 0.15) is 22.8 Å². The number of Topliss-reactive ketones (excluding diaryl/α,β-unsaturated/α-hetero) is 1. The summed E-state index contributed by atoms with van der Waals surface area (Å²) < 4.78 is 40.3. The molecule has 27 heavy (non-hydrogen) atoms. The summed E-state index contributed by atoms with van der Waals surface area (Å²) >= 11 is 0. The first-order chi connectivity index (χ1) is 12.7. The van der Waals surface area contributed by atoms with Gasteiger partial charge in [0.25, 0.3) is 0 Å². The molecular weight excluding hydrogens is 376 g/mol. The van der Waals surface area contributed by atoms with Crippen molar-refractivity contribution in [2.75, 3.05) is 0 Å². The quantitative estimate of drug-likeness (QED) is 0.575. The van der Waals surface area contributed by atoms with Crippen LogP contribution in [0, 0.1) is 0 Å². The molecule has 1 aromatic carbocycles. The van der Waals surface area contributed by atoms with Gasteiger partial charge in [-0.05, 0) is 44.2 Å². The summed E-state index contributed by atoms with van der Waals surface area (Å²) in [5.41, 5.74) is 0.0446. The van der Waals surface area contributed by atoms with Crippen LogP contribution in [0.2, 0.25) is 0 Å². The van der Waals surface area contributed by atoms with E-state index in [4.69, 9.17) is 9.29 Å². The average molecular weight is 398 g/mol. The van der Waals surface area contributed by atoms with Crippen molar-refractivity contribution in [3.05, 3.63) is 29.3 Å². The normalized spacial score (nSPS) is 19.7. The second-order valence-electron chi connectivity index (χ2n) is 6.36. The van der Waals surface area contributed by atoms with E-state index in [1.807, 2.05) is 0 Å². The summed E-state index contributed by atoms with van der Waals surface area (Å²) in [5.74, 6) is -1.51. The Kier molecular flexibility index (Phi) is 6.98. The number of fused-ring (bicyclic) bond motifs is 1. The zero-order valence-corrected chi connectivity index (χ0v) is 15.7. The van der Waals surface area contributed by atoms with E-state index in [1.165, 1.54) is 12.1 Å². The third-order valence-corrected chi connectivity index (χ3v) is 4.43. The first-order valence-electron chi connectivity index (χ1n) is 8.59. The molecule has 0 saturated heterocycles.